The Balaban J connectivity index is 1.71. The molecular formula is C20H23NO4S. The van der Waals surface area contributed by atoms with E-state index in [2.05, 4.69) is 0 Å². The smallest absolute Gasteiger partial charge is 0.243 e. The fourth-order valence-electron chi connectivity index (χ4n) is 3.61. The third-order valence-electron chi connectivity index (χ3n) is 5.33. The highest BCUT2D eigenvalue weighted by molar-refractivity contribution is 7.89. The third-order valence-corrected chi connectivity index (χ3v) is 7.13. The summed E-state index contributed by atoms with van der Waals surface area (Å²) in [5, 5.41) is 0. The lowest BCUT2D eigenvalue weighted by Crippen LogP contribution is -2.27. The van der Waals surface area contributed by atoms with E-state index in [4.69, 9.17) is 9.47 Å². The molecule has 0 atom stereocenters. The van der Waals surface area contributed by atoms with Crippen molar-refractivity contribution in [2.24, 2.45) is 0 Å². The average Bonchev–Trinajstić information content (AvgIpc) is 3.25. The molecule has 2 aromatic carbocycles. The Morgan fingerprint density at radius 2 is 1.81 bits per heavy atom. The number of fused-ring (bicyclic) bond motifs is 2. The monoisotopic (exact) mass is 373 g/mol. The van der Waals surface area contributed by atoms with Gasteiger partial charge in [0.25, 0.3) is 0 Å². The topological polar surface area (TPSA) is 55.8 Å². The fourth-order valence-corrected chi connectivity index (χ4v) is 4.84. The average molecular weight is 373 g/mol. The molecule has 5 nitrogen and oxygen atoms in total. The number of aryl methyl sites for hydroxylation is 2. The number of sulfonamides is 1. The molecule has 2 aliphatic heterocycles. The second-order valence-electron chi connectivity index (χ2n) is 7.02. The molecule has 0 amide bonds. The molecule has 0 unspecified atom stereocenters. The zero-order chi connectivity index (χ0) is 18.5. The molecule has 138 valence electrons. The van der Waals surface area contributed by atoms with Crippen LogP contribution in [0.3, 0.4) is 0 Å². The van der Waals surface area contributed by atoms with Crippen LogP contribution in [-0.4, -0.2) is 33.0 Å². The highest BCUT2D eigenvalue weighted by atomic mass is 32.2. The van der Waals surface area contributed by atoms with Crippen molar-refractivity contribution in [1.29, 1.82) is 0 Å². The van der Waals surface area contributed by atoms with E-state index < -0.39 is 10.0 Å². The van der Waals surface area contributed by atoms with E-state index >= 15 is 0 Å². The maximum atomic E-state index is 13.1. The van der Waals surface area contributed by atoms with Crippen LogP contribution in [0.4, 0.5) is 0 Å². The molecule has 2 aromatic rings. The molecule has 0 aliphatic carbocycles. The summed E-state index contributed by atoms with van der Waals surface area (Å²) in [6.45, 7) is 5.46. The van der Waals surface area contributed by atoms with Gasteiger partial charge in [-0.25, -0.2) is 8.42 Å². The zero-order valence-electron chi connectivity index (χ0n) is 15.3. The minimum Gasteiger partial charge on any atom is -0.493 e. The number of ether oxygens (including phenoxy) is 2. The van der Waals surface area contributed by atoms with Crippen molar-refractivity contribution >= 4 is 10.0 Å². The van der Waals surface area contributed by atoms with Crippen molar-refractivity contribution < 1.29 is 17.9 Å². The third kappa shape index (κ3) is 2.77. The lowest BCUT2D eigenvalue weighted by atomic mass is 9.99. The van der Waals surface area contributed by atoms with Gasteiger partial charge in [-0.05, 0) is 43.2 Å². The predicted molar refractivity (Wildman–Crippen MR) is 99.4 cm³/mol. The van der Waals surface area contributed by atoms with E-state index in [0.717, 1.165) is 52.2 Å². The summed E-state index contributed by atoms with van der Waals surface area (Å²) in [4.78, 5) is 0.324. The van der Waals surface area contributed by atoms with Gasteiger partial charge in [0, 0.05) is 43.1 Å². The Kier molecular flexibility index (Phi) is 4.20. The summed E-state index contributed by atoms with van der Waals surface area (Å²) >= 11 is 0. The molecule has 26 heavy (non-hydrogen) atoms. The van der Waals surface area contributed by atoms with Crippen LogP contribution in [0.15, 0.2) is 29.2 Å². The van der Waals surface area contributed by atoms with E-state index in [-0.39, 0.29) is 6.54 Å². The summed E-state index contributed by atoms with van der Waals surface area (Å²) in [5.41, 5.74) is 5.18. The van der Waals surface area contributed by atoms with Crippen molar-refractivity contribution in [2.45, 2.75) is 38.1 Å². The van der Waals surface area contributed by atoms with Crippen LogP contribution < -0.4 is 9.47 Å². The minimum absolute atomic E-state index is 0.282. The van der Waals surface area contributed by atoms with Gasteiger partial charge in [-0.2, -0.15) is 4.31 Å². The number of benzene rings is 2. The highest BCUT2D eigenvalue weighted by Crippen LogP contribution is 2.41. The van der Waals surface area contributed by atoms with Gasteiger partial charge in [0.05, 0.1) is 18.1 Å². The van der Waals surface area contributed by atoms with Gasteiger partial charge in [0.15, 0.2) is 0 Å². The molecule has 0 saturated heterocycles. The molecule has 0 N–H and O–H groups in total. The van der Waals surface area contributed by atoms with E-state index in [1.807, 2.05) is 26.0 Å². The Hall–Kier alpha value is -2.05. The predicted octanol–water partition coefficient (Wildman–Crippen LogP) is 2.99. The largest absolute Gasteiger partial charge is 0.493 e. The van der Waals surface area contributed by atoms with E-state index in [1.54, 1.807) is 19.2 Å². The van der Waals surface area contributed by atoms with Gasteiger partial charge in [0.1, 0.15) is 11.5 Å². The molecule has 2 heterocycles. The maximum absolute atomic E-state index is 13.1. The molecule has 0 bridgehead atoms. The first-order valence-corrected chi connectivity index (χ1v) is 10.3. The molecule has 2 aliphatic rings. The summed E-state index contributed by atoms with van der Waals surface area (Å²) < 4.78 is 39.1. The van der Waals surface area contributed by atoms with Crippen molar-refractivity contribution in [2.75, 3.05) is 20.3 Å². The lowest BCUT2D eigenvalue weighted by molar-refractivity contribution is 0.348. The second-order valence-corrected chi connectivity index (χ2v) is 9.07. The quantitative estimate of drug-likeness (QED) is 0.827. The van der Waals surface area contributed by atoms with Crippen LogP contribution in [-0.2, 0) is 29.4 Å². The van der Waals surface area contributed by atoms with E-state index in [1.165, 1.54) is 4.31 Å². The number of hydrogen-bond donors (Lipinski definition) is 0. The van der Waals surface area contributed by atoms with Crippen LogP contribution in [0, 0.1) is 13.8 Å². The van der Waals surface area contributed by atoms with Gasteiger partial charge >= 0.3 is 0 Å². The molecule has 0 fully saturated rings. The standard InChI is InChI=1S/C20H23NO4S/c1-13-4-5-16(10-14(13)2)26(22,23)21(3)12-18-17-7-9-24-19(17)11-15-6-8-25-20(15)18/h4-5,10-11H,6-9,12H2,1-3H3. The van der Waals surface area contributed by atoms with E-state index in [9.17, 15) is 8.42 Å². The fraction of sp³-hybridized carbons (Fsp3) is 0.400. The Bertz CT molecular complexity index is 950. The number of nitrogens with zero attached hydrogens (tertiary/aromatic N) is 1. The Labute approximate surface area is 154 Å². The first-order chi connectivity index (χ1) is 12.4. The van der Waals surface area contributed by atoms with Crippen molar-refractivity contribution in [1.82, 2.24) is 4.31 Å². The molecule has 0 spiro atoms. The van der Waals surface area contributed by atoms with Gasteiger partial charge in [-0.15, -0.1) is 0 Å². The first-order valence-electron chi connectivity index (χ1n) is 8.85. The van der Waals surface area contributed by atoms with Crippen LogP contribution in [0.1, 0.15) is 27.8 Å². The zero-order valence-corrected chi connectivity index (χ0v) is 16.1. The van der Waals surface area contributed by atoms with Crippen LogP contribution in [0.5, 0.6) is 11.5 Å². The number of rotatable bonds is 4. The number of hydrogen-bond acceptors (Lipinski definition) is 4. The first kappa shape index (κ1) is 17.4. The van der Waals surface area contributed by atoms with Crippen molar-refractivity contribution in [3.63, 3.8) is 0 Å². The van der Waals surface area contributed by atoms with Crippen LogP contribution in [0.25, 0.3) is 0 Å². The van der Waals surface area contributed by atoms with Crippen molar-refractivity contribution in [3.8, 4) is 11.5 Å². The molecular weight excluding hydrogens is 350 g/mol. The minimum atomic E-state index is -3.57. The summed E-state index contributed by atoms with van der Waals surface area (Å²) in [7, 11) is -1.95. The van der Waals surface area contributed by atoms with Gasteiger partial charge < -0.3 is 9.47 Å². The van der Waals surface area contributed by atoms with Crippen molar-refractivity contribution in [3.05, 3.63) is 52.1 Å². The van der Waals surface area contributed by atoms with Crippen LogP contribution in [0.2, 0.25) is 0 Å². The van der Waals surface area contributed by atoms with Gasteiger partial charge in [-0.3, -0.25) is 0 Å². The molecule has 6 heteroatoms. The normalized spacial score (nSPS) is 15.5. The Morgan fingerprint density at radius 1 is 1.04 bits per heavy atom. The van der Waals surface area contributed by atoms with Gasteiger partial charge in [-0.1, -0.05) is 6.07 Å². The molecule has 0 radical (unpaired) electrons. The Morgan fingerprint density at radius 3 is 2.58 bits per heavy atom. The molecule has 0 saturated carbocycles. The SMILES string of the molecule is Cc1ccc(S(=O)(=O)N(C)Cc2c3c(cc4c2OCC4)OCC3)cc1C. The molecule has 0 aromatic heterocycles. The van der Waals surface area contributed by atoms with E-state index in [0.29, 0.717) is 18.1 Å². The van der Waals surface area contributed by atoms with Crippen LogP contribution >= 0.6 is 0 Å². The summed E-state index contributed by atoms with van der Waals surface area (Å²) in [6, 6.07) is 7.31. The van der Waals surface area contributed by atoms with Gasteiger partial charge in [0.2, 0.25) is 10.0 Å². The maximum Gasteiger partial charge on any atom is 0.243 e. The molecule has 4 rings (SSSR count). The second kappa shape index (κ2) is 6.28. The lowest BCUT2D eigenvalue weighted by Gasteiger charge is -2.21. The summed E-state index contributed by atoms with van der Waals surface area (Å²) in [6.07, 6.45) is 1.63. The summed E-state index contributed by atoms with van der Waals surface area (Å²) in [5.74, 6) is 1.72. The highest BCUT2D eigenvalue weighted by Gasteiger charge is 2.30.